The van der Waals surface area contributed by atoms with Crippen molar-refractivity contribution in [1.82, 2.24) is 14.9 Å². The summed E-state index contributed by atoms with van der Waals surface area (Å²) in [6.45, 7) is 5.94. The van der Waals surface area contributed by atoms with Crippen LogP contribution in [0.4, 0.5) is 0 Å². The zero-order valence-electron chi connectivity index (χ0n) is 9.64. The lowest BCUT2D eigenvalue weighted by molar-refractivity contribution is -0.0476. The Kier molecular flexibility index (Phi) is 3.56. The average Bonchev–Trinajstić information content (AvgIpc) is 2.61. The molecule has 4 nitrogen and oxygen atoms in total. The van der Waals surface area contributed by atoms with Crippen molar-refractivity contribution in [3.63, 3.8) is 0 Å². The van der Waals surface area contributed by atoms with E-state index >= 15 is 0 Å². The maximum atomic E-state index is 5.38. The molecule has 2 heterocycles. The van der Waals surface area contributed by atoms with Crippen LogP contribution >= 0.6 is 11.8 Å². The Bertz CT molecular complexity index is 251. The second kappa shape index (κ2) is 4.74. The van der Waals surface area contributed by atoms with Gasteiger partial charge in [0, 0.05) is 32.9 Å². The summed E-state index contributed by atoms with van der Waals surface area (Å²) in [5.74, 6) is 0. The first-order valence-electron chi connectivity index (χ1n) is 5.30. The first-order valence-corrected chi connectivity index (χ1v) is 6.25. The second-order valence-electron chi connectivity index (χ2n) is 4.06. The molecule has 2 aliphatic heterocycles. The summed E-state index contributed by atoms with van der Waals surface area (Å²) in [6, 6.07) is 0. The van der Waals surface area contributed by atoms with Gasteiger partial charge in [-0.1, -0.05) is 11.8 Å². The standard InChI is InChI=1S/C10H19N3OS/c1-9-8-15-10(13(9)11(2)3)12-4-6-14-7-5-12/h8,10H,4-7H2,1-3H3. The van der Waals surface area contributed by atoms with Gasteiger partial charge < -0.3 is 4.74 Å². The molecule has 0 amide bonds. The SMILES string of the molecule is CC1=CSC(N2CCOCC2)N1N(C)C. The Labute approximate surface area is 95.8 Å². The minimum atomic E-state index is 0.420. The molecule has 2 rings (SSSR count). The van der Waals surface area contributed by atoms with Crippen LogP contribution in [0.2, 0.25) is 0 Å². The first-order chi connectivity index (χ1) is 7.20. The zero-order chi connectivity index (χ0) is 10.8. The molecule has 1 fully saturated rings. The van der Waals surface area contributed by atoms with Gasteiger partial charge in [0.15, 0.2) is 0 Å². The number of thioether (sulfide) groups is 1. The van der Waals surface area contributed by atoms with Crippen molar-refractivity contribution in [3.8, 4) is 0 Å². The van der Waals surface area contributed by atoms with Gasteiger partial charge in [0.05, 0.1) is 13.2 Å². The van der Waals surface area contributed by atoms with Crippen molar-refractivity contribution in [2.75, 3.05) is 40.4 Å². The Morgan fingerprint density at radius 3 is 2.67 bits per heavy atom. The summed E-state index contributed by atoms with van der Waals surface area (Å²) < 4.78 is 5.38. The summed E-state index contributed by atoms with van der Waals surface area (Å²) >= 11 is 1.89. The number of allylic oxidation sites excluding steroid dienone is 1. The van der Waals surface area contributed by atoms with Crippen LogP contribution in [0.15, 0.2) is 11.1 Å². The van der Waals surface area contributed by atoms with Gasteiger partial charge in [-0.3, -0.25) is 9.91 Å². The van der Waals surface area contributed by atoms with Crippen molar-refractivity contribution in [1.29, 1.82) is 0 Å². The lowest BCUT2D eigenvalue weighted by Gasteiger charge is -2.41. The van der Waals surface area contributed by atoms with E-state index in [9.17, 15) is 0 Å². The van der Waals surface area contributed by atoms with Gasteiger partial charge in [-0.25, -0.2) is 5.01 Å². The fraction of sp³-hybridized carbons (Fsp3) is 0.800. The van der Waals surface area contributed by atoms with Gasteiger partial charge in [0.2, 0.25) is 0 Å². The molecule has 2 aliphatic rings. The molecule has 0 bridgehead atoms. The Morgan fingerprint density at radius 1 is 1.40 bits per heavy atom. The van der Waals surface area contributed by atoms with E-state index in [0.717, 1.165) is 26.3 Å². The molecule has 0 aromatic carbocycles. The fourth-order valence-electron chi connectivity index (χ4n) is 2.00. The molecule has 1 atom stereocenters. The molecular weight excluding hydrogens is 210 g/mol. The highest BCUT2D eigenvalue weighted by Crippen LogP contribution is 2.33. The molecule has 0 aliphatic carbocycles. The van der Waals surface area contributed by atoms with Crippen LogP contribution in [-0.2, 0) is 4.74 Å². The highest BCUT2D eigenvalue weighted by Gasteiger charge is 2.32. The molecule has 0 aromatic rings. The quantitative estimate of drug-likeness (QED) is 0.701. The monoisotopic (exact) mass is 229 g/mol. The normalized spacial score (nSPS) is 28.7. The smallest absolute Gasteiger partial charge is 0.149 e. The number of hydrogen-bond acceptors (Lipinski definition) is 5. The van der Waals surface area contributed by atoms with Crippen molar-refractivity contribution in [3.05, 3.63) is 11.1 Å². The third kappa shape index (κ3) is 2.30. The van der Waals surface area contributed by atoms with Gasteiger partial charge in [-0.15, -0.1) is 0 Å². The Hall–Kier alpha value is -0.230. The number of hydrogen-bond donors (Lipinski definition) is 0. The van der Waals surface area contributed by atoms with Gasteiger partial charge in [0.1, 0.15) is 5.50 Å². The van der Waals surface area contributed by atoms with Crippen LogP contribution in [0.1, 0.15) is 6.92 Å². The molecule has 5 heteroatoms. The van der Waals surface area contributed by atoms with E-state index in [4.69, 9.17) is 4.74 Å². The summed E-state index contributed by atoms with van der Waals surface area (Å²) in [4.78, 5) is 2.47. The van der Waals surface area contributed by atoms with Gasteiger partial charge in [-0.2, -0.15) is 0 Å². The summed E-state index contributed by atoms with van der Waals surface area (Å²) in [6.07, 6.45) is 0. The molecule has 86 valence electrons. The molecule has 1 unspecified atom stereocenters. The van der Waals surface area contributed by atoms with E-state index in [1.807, 2.05) is 11.8 Å². The minimum Gasteiger partial charge on any atom is -0.379 e. The highest BCUT2D eigenvalue weighted by molar-refractivity contribution is 8.02. The van der Waals surface area contributed by atoms with Crippen LogP contribution in [0, 0.1) is 0 Å². The van der Waals surface area contributed by atoms with E-state index in [-0.39, 0.29) is 0 Å². The molecule has 0 N–H and O–H groups in total. The molecule has 0 aromatic heterocycles. The second-order valence-corrected chi connectivity index (χ2v) is 4.99. The minimum absolute atomic E-state index is 0.420. The number of nitrogens with zero attached hydrogens (tertiary/aromatic N) is 3. The van der Waals surface area contributed by atoms with E-state index in [2.05, 4.69) is 41.3 Å². The highest BCUT2D eigenvalue weighted by atomic mass is 32.2. The molecule has 0 radical (unpaired) electrons. The van der Waals surface area contributed by atoms with Crippen LogP contribution in [0.25, 0.3) is 0 Å². The van der Waals surface area contributed by atoms with Crippen molar-refractivity contribution < 1.29 is 4.74 Å². The van der Waals surface area contributed by atoms with Crippen molar-refractivity contribution in [2.45, 2.75) is 12.4 Å². The predicted octanol–water partition coefficient (Wildman–Crippen LogP) is 0.989. The van der Waals surface area contributed by atoms with Crippen molar-refractivity contribution in [2.24, 2.45) is 0 Å². The zero-order valence-corrected chi connectivity index (χ0v) is 10.5. The third-order valence-corrected chi connectivity index (χ3v) is 3.94. The van der Waals surface area contributed by atoms with E-state index < -0.39 is 0 Å². The van der Waals surface area contributed by atoms with Crippen LogP contribution in [0.5, 0.6) is 0 Å². The maximum Gasteiger partial charge on any atom is 0.149 e. The lowest BCUT2D eigenvalue weighted by atomic mass is 10.4. The molecule has 15 heavy (non-hydrogen) atoms. The molecule has 1 saturated heterocycles. The maximum absolute atomic E-state index is 5.38. The van der Waals surface area contributed by atoms with Gasteiger partial charge >= 0.3 is 0 Å². The Morgan fingerprint density at radius 2 is 2.07 bits per heavy atom. The van der Waals surface area contributed by atoms with Gasteiger partial charge in [-0.05, 0) is 12.3 Å². The van der Waals surface area contributed by atoms with Crippen LogP contribution in [0.3, 0.4) is 0 Å². The number of ether oxygens (including phenoxy) is 1. The van der Waals surface area contributed by atoms with E-state index in [1.165, 1.54) is 5.70 Å². The first kappa shape index (κ1) is 11.3. The van der Waals surface area contributed by atoms with Crippen molar-refractivity contribution >= 4 is 11.8 Å². The number of hydrazine groups is 1. The van der Waals surface area contributed by atoms with Crippen LogP contribution < -0.4 is 0 Å². The fourth-order valence-corrected chi connectivity index (χ4v) is 3.28. The topological polar surface area (TPSA) is 19.0 Å². The predicted molar refractivity (Wildman–Crippen MR) is 63.1 cm³/mol. The summed E-state index contributed by atoms with van der Waals surface area (Å²) in [5, 5.41) is 6.72. The molecule has 0 saturated carbocycles. The summed E-state index contributed by atoms with van der Waals surface area (Å²) in [7, 11) is 4.19. The largest absolute Gasteiger partial charge is 0.379 e. The molecular formula is C10H19N3OS. The number of morpholine rings is 1. The third-order valence-electron chi connectivity index (χ3n) is 2.72. The average molecular weight is 229 g/mol. The molecule has 0 spiro atoms. The van der Waals surface area contributed by atoms with E-state index in [0.29, 0.717) is 5.50 Å². The van der Waals surface area contributed by atoms with Gasteiger partial charge in [0.25, 0.3) is 0 Å². The summed E-state index contributed by atoms with van der Waals surface area (Å²) in [5.41, 5.74) is 1.74. The van der Waals surface area contributed by atoms with E-state index in [1.54, 1.807) is 0 Å². The Balaban J connectivity index is 2.02. The van der Waals surface area contributed by atoms with Crippen LogP contribution in [-0.4, -0.2) is 60.8 Å². The lowest BCUT2D eigenvalue weighted by Crippen LogP contribution is -2.52. The number of rotatable bonds is 2.